The van der Waals surface area contributed by atoms with Crippen LogP contribution in [0.15, 0.2) is 66.4 Å². The predicted octanol–water partition coefficient (Wildman–Crippen LogP) is 4.57. The van der Waals surface area contributed by atoms with Crippen LogP contribution in [0.3, 0.4) is 0 Å². The Morgan fingerprint density at radius 1 is 1.12 bits per heavy atom. The summed E-state index contributed by atoms with van der Waals surface area (Å²) < 4.78 is 2.24. The summed E-state index contributed by atoms with van der Waals surface area (Å²) >= 11 is 0. The van der Waals surface area contributed by atoms with Gasteiger partial charge in [-0.15, -0.1) is 0 Å². The molecule has 0 aliphatic heterocycles. The smallest absolute Gasteiger partial charge is 0.328 e. The maximum Gasteiger partial charge on any atom is 0.328 e. The number of aryl methyl sites for hydroxylation is 1. The minimum absolute atomic E-state index is 0.658. The van der Waals surface area contributed by atoms with Crippen LogP contribution in [-0.4, -0.2) is 15.6 Å². The Balaban J connectivity index is 1.84. The van der Waals surface area contributed by atoms with Crippen LogP contribution in [-0.2, 0) is 17.8 Å². The molecule has 0 radical (unpaired) electrons. The number of carbonyl (C=O) groups is 1. The van der Waals surface area contributed by atoms with E-state index in [0.717, 1.165) is 17.7 Å². The van der Waals surface area contributed by atoms with Gasteiger partial charge in [0.1, 0.15) is 0 Å². The highest BCUT2D eigenvalue weighted by Gasteiger charge is 2.05. The van der Waals surface area contributed by atoms with Crippen molar-refractivity contribution in [1.29, 1.82) is 0 Å². The van der Waals surface area contributed by atoms with Gasteiger partial charge >= 0.3 is 5.97 Å². The summed E-state index contributed by atoms with van der Waals surface area (Å²) in [6.45, 7) is 4.81. The average molecular weight is 319 g/mol. The third-order valence-corrected chi connectivity index (χ3v) is 4.12. The van der Waals surface area contributed by atoms with Gasteiger partial charge in [0.05, 0.1) is 0 Å². The lowest BCUT2D eigenvalue weighted by Crippen LogP contribution is -1.98. The Kier molecular flexibility index (Phi) is 4.52. The van der Waals surface area contributed by atoms with Crippen LogP contribution in [0.4, 0.5) is 0 Å². The van der Waals surface area contributed by atoms with Crippen molar-refractivity contribution in [3.8, 4) is 0 Å². The van der Waals surface area contributed by atoms with Crippen LogP contribution >= 0.6 is 0 Å². The van der Waals surface area contributed by atoms with E-state index in [-0.39, 0.29) is 0 Å². The molecule has 122 valence electrons. The molecule has 1 aromatic heterocycles. The Hall–Kier alpha value is -2.81. The second-order valence-electron chi connectivity index (χ2n) is 6.33. The lowest BCUT2D eigenvalue weighted by Gasteiger charge is -2.08. The standard InChI is InChI=1S/C21H21NO2/c1-15-4-3-5-18(10-15)14-22-9-8-19-13-17(6-7-20(19)22)11-16(2)12-21(23)24/h3-10,12-13H,11,14H2,1-2H3,(H,23,24). The summed E-state index contributed by atoms with van der Waals surface area (Å²) in [7, 11) is 0. The second kappa shape index (κ2) is 6.75. The molecule has 0 fully saturated rings. The van der Waals surface area contributed by atoms with Gasteiger partial charge in [0.15, 0.2) is 0 Å². The van der Waals surface area contributed by atoms with E-state index >= 15 is 0 Å². The Morgan fingerprint density at radius 3 is 2.71 bits per heavy atom. The van der Waals surface area contributed by atoms with Crippen molar-refractivity contribution >= 4 is 16.9 Å². The van der Waals surface area contributed by atoms with Crippen LogP contribution in [0, 0.1) is 6.92 Å². The Bertz CT molecular complexity index is 918. The summed E-state index contributed by atoms with van der Waals surface area (Å²) in [4.78, 5) is 10.7. The monoisotopic (exact) mass is 319 g/mol. The Labute approximate surface area is 141 Å². The predicted molar refractivity (Wildman–Crippen MR) is 97.3 cm³/mol. The zero-order valence-electron chi connectivity index (χ0n) is 14.0. The first-order valence-corrected chi connectivity index (χ1v) is 8.05. The first kappa shape index (κ1) is 16.1. The van der Waals surface area contributed by atoms with Gasteiger partial charge in [0, 0.05) is 24.3 Å². The molecule has 0 bridgehead atoms. The van der Waals surface area contributed by atoms with E-state index in [2.05, 4.69) is 66.2 Å². The fourth-order valence-electron chi connectivity index (χ4n) is 3.09. The molecule has 3 rings (SSSR count). The number of fused-ring (bicyclic) bond motifs is 1. The number of rotatable bonds is 5. The van der Waals surface area contributed by atoms with Crippen molar-refractivity contribution < 1.29 is 9.90 Å². The van der Waals surface area contributed by atoms with Crippen molar-refractivity contribution in [2.45, 2.75) is 26.8 Å². The molecule has 0 aliphatic carbocycles. The molecule has 3 heteroatoms. The van der Waals surface area contributed by atoms with Gasteiger partial charge in [-0.05, 0) is 55.0 Å². The van der Waals surface area contributed by atoms with E-state index in [0.29, 0.717) is 6.42 Å². The van der Waals surface area contributed by atoms with Gasteiger partial charge in [-0.2, -0.15) is 0 Å². The van der Waals surface area contributed by atoms with E-state index in [1.165, 1.54) is 28.1 Å². The number of hydrogen-bond donors (Lipinski definition) is 1. The van der Waals surface area contributed by atoms with Crippen LogP contribution in [0.5, 0.6) is 0 Å². The molecule has 0 amide bonds. The molecular weight excluding hydrogens is 298 g/mol. The fourth-order valence-corrected chi connectivity index (χ4v) is 3.09. The third kappa shape index (κ3) is 3.74. The highest BCUT2D eigenvalue weighted by molar-refractivity contribution is 5.82. The first-order chi connectivity index (χ1) is 11.5. The lowest BCUT2D eigenvalue weighted by molar-refractivity contribution is -0.131. The largest absolute Gasteiger partial charge is 0.478 e. The maximum atomic E-state index is 10.7. The molecule has 0 aliphatic rings. The average Bonchev–Trinajstić information content (AvgIpc) is 2.89. The molecule has 2 aromatic carbocycles. The molecule has 0 saturated carbocycles. The fraction of sp³-hybridized carbons (Fsp3) is 0.190. The first-order valence-electron chi connectivity index (χ1n) is 8.05. The van der Waals surface area contributed by atoms with Crippen molar-refractivity contribution in [3.05, 3.63) is 83.1 Å². The van der Waals surface area contributed by atoms with Crippen molar-refractivity contribution in [2.24, 2.45) is 0 Å². The lowest BCUT2D eigenvalue weighted by atomic mass is 10.0. The number of carboxylic acid groups (broad SMARTS) is 1. The van der Waals surface area contributed by atoms with Gasteiger partial charge in [-0.3, -0.25) is 0 Å². The summed E-state index contributed by atoms with van der Waals surface area (Å²) in [5.41, 5.74) is 5.73. The number of benzene rings is 2. The molecule has 0 saturated heterocycles. The molecule has 24 heavy (non-hydrogen) atoms. The molecule has 0 spiro atoms. The van der Waals surface area contributed by atoms with Crippen molar-refractivity contribution in [3.63, 3.8) is 0 Å². The van der Waals surface area contributed by atoms with Crippen LogP contribution < -0.4 is 0 Å². The van der Waals surface area contributed by atoms with E-state index in [9.17, 15) is 4.79 Å². The van der Waals surface area contributed by atoms with Gasteiger partial charge in [0.25, 0.3) is 0 Å². The number of carboxylic acids is 1. The molecular formula is C21H21NO2. The molecule has 3 aromatic rings. The zero-order chi connectivity index (χ0) is 17.1. The second-order valence-corrected chi connectivity index (χ2v) is 6.33. The summed E-state index contributed by atoms with van der Waals surface area (Å²) in [5.74, 6) is -0.891. The van der Waals surface area contributed by atoms with Crippen molar-refractivity contribution in [2.75, 3.05) is 0 Å². The molecule has 0 unspecified atom stereocenters. The number of aliphatic carboxylic acids is 1. The molecule has 1 heterocycles. The highest BCUT2D eigenvalue weighted by atomic mass is 16.4. The Morgan fingerprint density at radius 2 is 1.96 bits per heavy atom. The van der Waals surface area contributed by atoms with Crippen LogP contribution in [0.2, 0.25) is 0 Å². The SMILES string of the molecule is CC(=CC(=O)O)Cc1ccc2c(ccn2Cc2cccc(C)c2)c1. The van der Waals surface area contributed by atoms with Crippen LogP contribution in [0.25, 0.3) is 10.9 Å². The zero-order valence-corrected chi connectivity index (χ0v) is 14.0. The number of hydrogen-bond acceptors (Lipinski definition) is 1. The summed E-state index contributed by atoms with van der Waals surface area (Å²) in [6, 6.07) is 17.0. The van der Waals surface area contributed by atoms with E-state index in [4.69, 9.17) is 5.11 Å². The van der Waals surface area contributed by atoms with Crippen molar-refractivity contribution in [1.82, 2.24) is 4.57 Å². The molecule has 0 atom stereocenters. The van der Waals surface area contributed by atoms with E-state index in [1.807, 2.05) is 6.92 Å². The van der Waals surface area contributed by atoms with E-state index in [1.54, 1.807) is 0 Å². The van der Waals surface area contributed by atoms with Gasteiger partial charge in [0.2, 0.25) is 0 Å². The topological polar surface area (TPSA) is 42.2 Å². The number of allylic oxidation sites excluding steroid dienone is 1. The molecule has 1 N–H and O–H groups in total. The number of aromatic nitrogens is 1. The molecule has 3 nitrogen and oxygen atoms in total. The summed E-state index contributed by atoms with van der Waals surface area (Å²) in [5, 5.41) is 10.0. The highest BCUT2D eigenvalue weighted by Crippen LogP contribution is 2.21. The van der Waals surface area contributed by atoms with Gasteiger partial charge < -0.3 is 9.67 Å². The minimum atomic E-state index is -0.891. The normalized spacial score (nSPS) is 11.8. The number of nitrogens with zero attached hydrogens (tertiary/aromatic N) is 1. The minimum Gasteiger partial charge on any atom is -0.478 e. The van der Waals surface area contributed by atoms with Gasteiger partial charge in [-0.1, -0.05) is 41.5 Å². The summed E-state index contributed by atoms with van der Waals surface area (Å²) in [6.07, 6.45) is 4.04. The van der Waals surface area contributed by atoms with Crippen LogP contribution in [0.1, 0.15) is 23.6 Å². The van der Waals surface area contributed by atoms with Gasteiger partial charge in [-0.25, -0.2) is 4.79 Å². The maximum absolute atomic E-state index is 10.7. The quantitative estimate of drug-likeness (QED) is 0.700. The third-order valence-electron chi connectivity index (χ3n) is 4.12. The van der Waals surface area contributed by atoms with E-state index < -0.39 is 5.97 Å².